The number of amides is 2. The molecular weight excluding hydrogens is 350 g/mol. The Morgan fingerprint density at radius 3 is 2.80 bits per heavy atom. The van der Waals surface area contributed by atoms with E-state index in [1.807, 2.05) is 13.8 Å². The fourth-order valence-electron chi connectivity index (χ4n) is 1.64. The van der Waals surface area contributed by atoms with Crippen LogP contribution in [0, 0.1) is 0 Å². The van der Waals surface area contributed by atoms with E-state index in [-0.39, 0.29) is 28.5 Å². The summed E-state index contributed by atoms with van der Waals surface area (Å²) in [4.78, 5) is 35.2. The molecule has 0 atom stereocenters. The Hall–Kier alpha value is -3.21. The Kier molecular flexibility index (Phi) is 5.84. The molecular formula is C13H16ClN9O2. The van der Waals surface area contributed by atoms with E-state index in [9.17, 15) is 9.59 Å². The molecule has 5 N–H and O–H groups in total. The van der Waals surface area contributed by atoms with Crippen molar-refractivity contribution in [2.45, 2.75) is 19.9 Å². The molecule has 2 aromatic rings. The number of carbonyl (C=O) groups excluding carboxylic acids is 2. The Bertz CT molecular complexity index is 789. The van der Waals surface area contributed by atoms with Gasteiger partial charge in [-0.2, -0.15) is 5.10 Å². The zero-order valence-electron chi connectivity index (χ0n) is 13.4. The molecule has 12 heteroatoms. The van der Waals surface area contributed by atoms with Crippen LogP contribution in [0.15, 0.2) is 23.8 Å². The normalized spacial score (nSPS) is 10.9. The van der Waals surface area contributed by atoms with Crippen LogP contribution in [0.2, 0.25) is 5.15 Å². The van der Waals surface area contributed by atoms with Crippen LogP contribution in [-0.2, 0) is 0 Å². The average Bonchev–Trinajstić information content (AvgIpc) is 3.08. The summed E-state index contributed by atoms with van der Waals surface area (Å²) in [5.41, 5.74) is 7.75. The van der Waals surface area contributed by atoms with Gasteiger partial charge < -0.3 is 16.4 Å². The topological polar surface area (TPSA) is 152 Å². The van der Waals surface area contributed by atoms with Crippen molar-refractivity contribution in [1.82, 2.24) is 30.3 Å². The van der Waals surface area contributed by atoms with Gasteiger partial charge in [0.25, 0.3) is 5.91 Å². The van der Waals surface area contributed by atoms with E-state index < -0.39 is 11.9 Å². The van der Waals surface area contributed by atoms with Crippen molar-refractivity contribution >= 4 is 41.5 Å². The molecule has 0 saturated heterocycles. The maximum atomic E-state index is 12.0. The molecule has 0 aliphatic heterocycles. The van der Waals surface area contributed by atoms with Crippen molar-refractivity contribution < 1.29 is 9.59 Å². The van der Waals surface area contributed by atoms with Crippen molar-refractivity contribution in [3.8, 4) is 0 Å². The van der Waals surface area contributed by atoms with Gasteiger partial charge in [-0.25, -0.2) is 25.2 Å². The molecule has 2 heterocycles. The lowest BCUT2D eigenvalue weighted by atomic mass is 10.3. The zero-order chi connectivity index (χ0) is 18.4. The highest BCUT2D eigenvalue weighted by molar-refractivity contribution is 6.32. The van der Waals surface area contributed by atoms with E-state index in [0.29, 0.717) is 0 Å². The van der Waals surface area contributed by atoms with Crippen LogP contribution in [0.1, 0.15) is 24.3 Å². The maximum absolute atomic E-state index is 12.0. The van der Waals surface area contributed by atoms with Crippen LogP contribution in [-0.4, -0.2) is 43.8 Å². The van der Waals surface area contributed by atoms with Crippen molar-refractivity contribution in [3.63, 3.8) is 0 Å². The summed E-state index contributed by atoms with van der Waals surface area (Å²) < 4.78 is 1.17. The lowest BCUT2D eigenvalue weighted by Crippen LogP contribution is -2.28. The number of nitrogen functional groups attached to an aromatic ring is 1. The monoisotopic (exact) mass is 365 g/mol. The highest BCUT2D eigenvalue weighted by Crippen LogP contribution is 2.20. The fourth-order valence-corrected chi connectivity index (χ4v) is 1.83. The number of nitrogens with two attached hydrogens (primary N) is 1. The zero-order valence-corrected chi connectivity index (χ0v) is 14.2. The smallest absolute Gasteiger partial charge is 0.347 e. The number of nitrogens with zero attached hydrogens (tertiary/aromatic N) is 5. The van der Waals surface area contributed by atoms with Gasteiger partial charge in [0.15, 0.2) is 22.5 Å². The quantitative estimate of drug-likeness (QED) is 0.345. The largest absolute Gasteiger partial charge is 0.382 e. The first kappa shape index (κ1) is 18.1. The van der Waals surface area contributed by atoms with Gasteiger partial charge in [0.05, 0.1) is 0 Å². The molecule has 2 amide bonds. The van der Waals surface area contributed by atoms with Gasteiger partial charge in [-0.3, -0.25) is 9.36 Å². The second-order valence-corrected chi connectivity index (χ2v) is 5.37. The van der Waals surface area contributed by atoms with Crippen molar-refractivity contribution in [3.05, 3.63) is 29.6 Å². The third-order valence-electron chi connectivity index (χ3n) is 2.68. The molecule has 132 valence electrons. The molecule has 0 spiro atoms. The van der Waals surface area contributed by atoms with Gasteiger partial charge >= 0.3 is 6.03 Å². The number of imidazole rings is 1. The van der Waals surface area contributed by atoms with Crippen LogP contribution in [0.4, 0.5) is 16.4 Å². The van der Waals surface area contributed by atoms with Gasteiger partial charge in [0, 0.05) is 18.4 Å². The summed E-state index contributed by atoms with van der Waals surface area (Å²) in [6, 6.07) is -0.480. The highest BCUT2D eigenvalue weighted by Gasteiger charge is 2.16. The predicted molar refractivity (Wildman–Crippen MR) is 92.3 cm³/mol. The Labute approximate surface area is 147 Å². The molecule has 0 fully saturated rings. The second-order valence-electron chi connectivity index (χ2n) is 5.01. The third kappa shape index (κ3) is 4.88. The van der Waals surface area contributed by atoms with Gasteiger partial charge in [0.1, 0.15) is 12.7 Å². The minimum atomic E-state index is -0.677. The van der Waals surface area contributed by atoms with Crippen LogP contribution in [0.5, 0.6) is 0 Å². The SMILES string of the molecule is CC(C)Nc1nc(N)c(C(=O)NC=NNC(=O)n2ccnc2)nc1Cl. The van der Waals surface area contributed by atoms with E-state index in [1.54, 1.807) is 0 Å². The van der Waals surface area contributed by atoms with Crippen LogP contribution < -0.4 is 21.8 Å². The van der Waals surface area contributed by atoms with Gasteiger partial charge in [-0.1, -0.05) is 11.6 Å². The lowest BCUT2D eigenvalue weighted by Gasteiger charge is -2.12. The number of hydrogen-bond donors (Lipinski definition) is 4. The first-order chi connectivity index (χ1) is 11.9. The standard InChI is InChI=1S/C13H16ClN9O2/c1-7(2)19-11-9(14)20-8(10(15)21-11)12(24)17-5-18-22-13(25)23-4-3-16-6-23/h3-7H,1-2H3,(H,22,25)(H3,15,19,21)(H,17,18,24). The van der Waals surface area contributed by atoms with E-state index in [1.165, 1.54) is 23.3 Å². The second kappa shape index (κ2) is 8.06. The number of carbonyl (C=O) groups is 2. The minimum Gasteiger partial charge on any atom is -0.382 e. The highest BCUT2D eigenvalue weighted by atomic mass is 35.5. The Morgan fingerprint density at radius 2 is 2.16 bits per heavy atom. The average molecular weight is 366 g/mol. The lowest BCUT2D eigenvalue weighted by molar-refractivity contribution is 0.0974. The van der Waals surface area contributed by atoms with Crippen molar-refractivity contribution in [2.75, 3.05) is 11.1 Å². The molecule has 0 aromatic carbocycles. The molecule has 2 rings (SSSR count). The number of hydrazone groups is 1. The molecule has 2 aromatic heterocycles. The van der Waals surface area contributed by atoms with E-state index in [4.69, 9.17) is 17.3 Å². The molecule has 0 unspecified atom stereocenters. The minimum absolute atomic E-state index is 0.0124. The molecule has 0 bridgehead atoms. The summed E-state index contributed by atoms with van der Waals surface area (Å²) in [5, 5.41) is 8.83. The van der Waals surface area contributed by atoms with E-state index in [2.05, 4.69) is 36.1 Å². The fraction of sp³-hybridized carbons (Fsp3) is 0.231. The predicted octanol–water partition coefficient (Wildman–Crippen LogP) is 0.660. The van der Waals surface area contributed by atoms with Crippen LogP contribution in [0.25, 0.3) is 0 Å². The Balaban J connectivity index is 1.97. The van der Waals surface area contributed by atoms with Gasteiger partial charge in [0.2, 0.25) is 0 Å². The number of rotatable bonds is 5. The van der Waals surface area contributed by atoms with Crippen LogP contribution in [0.3, 0.4) is 0 Å². The molecule has 11 nitrogen and oxygen atoms in total. The number of halogens is 1. The van der Waals surface area contributed by atoms with Gasteiger partial charge in [-0.05, 0) is 13.8 Å². The van der Waals surface area contributed by atoms with Gasteiger partial charge in [-0.15, -0.1) is 0 Å². The number of aromatic nitrogens is 4. The van der Waals surface area contributed by atoms with E-state index in [0.717, 1.165) is 6.34 Å². The first-order valence-corrected chi connectivity index (χ1v) is 7.46. The third-order valence-corrected chi connectivity index (χ3v) is 2.94. The molecule has 0 aliphatic rings. The summed E-state index contributed by atoms with van der Waals surface area (Å²) in [5.74, 6) is -0.489. The van der Waals surface area contributed by atoms with Crippen molar-refractivity contribution in [1.29, 1.82) is 0 Å². The number of hydrogen-bond acceptors (Lipinski definition) is 8. The molecule has 0 aliphatic carbocycles. The summed E-state index contributed by atoms with van der Waals surface area (Å²) >= 11 is 5.98. The maximum Gasteiger partial charge on any atom is 0.347 e. The Morgan fingerprint density at radius 1 is 1.40 bits per heavy atom. The molecule has 25 heavy (non-hydrogen) atoms. The molecule has 0 saturated carbocycles. The molecule has 0 radical (unpaired) electrons. The summed E-state index contributed by atoms with van der Waals surface area (Å²) in [7, 11) is 0. The number of anilines is 2. The first-order valence-electron chi connectivity index (χ1n) is 7.08. The number of nitrogens with one attached hydrogen (secondary N) is 3. The van der Waals surface area contributed by atoms with E-state index >= 15 is 0 Å². The summed E-state index contributed by atoms with van der Waals surface area (Å²) in [6.07, 6.45) is 5.16. The van der Waals surface area contributed by atoms with Crippen LogP contribution >= 0.6 is 11.6 Å². The van der Waals surface area contributed by atoms with Crippen molar-refractivity contribution in [2.24, 2.45) is 5.10 Å². The summed E-state index contributed by atoms with van der Waals surface area (Å²) in [6.45, 7) is 3.78.